The molecule has 0 bridgehead atoms. The number of nitrogens with one attached hydrogen (secondary N) is 1. The lowest BCUT2D eigenvalue weighted by atomic mass is 9.82. The second kappa shape index (κ2) is 6.46. The van der Waals surface area contributed by atoms with Gasteiger partial charge in [-0.05, 0) is 39.0 Å². The molecule has 0 saturated carbocycles. The Hall–Kier alpha value is -1.26. The van der Waals surface area contributed by atoms with Crippen molar-refractivity contribution < 1.29 is 14.3 Å². The highest BCUT2D eigenvalue weighted by molar-refractivity contribution is 5.77. The van der Waals surface area contributed by atoms with Gasteiger partial charge in [0.25, 0.3) is 0 Å². The third kappa shape index (κ3) is 6.26. The van der Waals surface area contributed by atoms with E-state index < -0.39 is 11.7 Å². The van der Waals surface area contributed by atoms with E-state index in [9.17, 15) is 9.59 Å². The molecule has 0 unspecified atom stereocenters. The molecule has 1 aliphatic rings. The normalized spacial score (nSPS) is 18.6. The zero-order chi connectivity index (χ0) is 15.4. The Morgan fingerprint density at radius 3 is 2.25 bits per heavy atom. The molecule has 0 aromatic carbocycles. The molecular formula is C15H28N2O3. The van der Waals surface area contributed by atoms with E-state index in [2.05, 4.69) is 19.2 Å². The first-order valence-electron chi connectivity index (χ1n) is 7.34. The van der Waals surface area contributed by atoms with E-state index in [4.69, 9.17) is 4.74 Å². The minimum absolute atomic E-state index is 0.108. The fraction of sp³-hybridized carbons (Fsp3) is 0.867. The van der Waals surface area contributed by atoms with E-state index in [0.29, 0.717) is 18.4 Å². The van der Waals surface area contributed by atoms with Gasteiger partial charge < -0.3 is 15.0 Å². The lowest BCUT2D eigenvalue weighted by molar-refractivity contribution is -0.133. The van der Waals surface area contributed by atoms with Gasteiger partial charge in [0.1, 0.15) is 5.60 Å². The van der Waals surface area contributed by atoms with Crippen LogP contribution in [0.1, 0.15) is 53.9 Å². The van der Waals surface area contributed by atoms with Gasteiger partial charge in [-0.25, -0.2) is 4.79 Å². The highest BCUT2D eigenvalue weighted by Gasteiger charge is 2.27. The Bertz CT molecular complexity index is 349. The summed E-state index contributed by atoms with van der Waals surface area (Å²) in [5.41, 5.74) is -0.169. The van der Waals surface area contributed by atoms with Crippen LogP contribution in [0.15, 0.2) is 0 Å². The lowest BCUT2D eigenvalue weighted by Gasteiger charge is -2.37. The largest absolute Gasteiger partial charge is 0.444 e. The van der Waals surface area contributed by atoms with E-state index >= 15 is 0 Å². The number of carbonyl (C=O) groups is 2. The molecule has 116 valence electrons. The molecule has 20 heavy (non-hydrogen) atoms. The van der Waals surface area contributed by atoms with Crippen LogP contribution in [0.3, 0.4) is 0 Å². The fourth-order valence-electron chi connectivity index (χ4n) is 2.11. The molecule has 0 aromatic rings. The molecule has 1 N–H and O–H groups in total. The van der Waals surface area contributed by atoms with E-state index in [-0.39, 0.29) is 5.91 Å². The van der Waals surface area contributed by atoms with E-state index in [1.807, 2.05) is 25.7 Å². The van der Waals surface area contributed by atoms with Crippen molar-refractivity contribution in [1.82, 2.24) is 10.2 Å². The van der Waals surface area contributed by atoms with Crippen LogP contribution < -0.4 is 5.32 Å². The summed E-state index contributed by atoms with van der Waals surface area (Å²) in [6.07, 6.45) is 1.95. The molecule has 0 radical (unpaired) electrons. The van der Waals surface area contributed by atoms with Crippen molar-refractivity contribution >= 4 is 12.0 Å². The third-order valence-electron chi connectivity index (χ3n) is 3.48. The number of piperidine rings is 1. The quantitative estimate of drug-likeness (QED) is 0.866. The van der Waals surface area contributed by atoms with Gasteiger partial charge in [0.15, 0.2) is 0 Å². The van der Waals surface area contributed by atoms with Crippen LogP contribution in [0.5, 0.6) is 0 Å². The first kappa shape index (κ1) is 16.8. The zero-order valence-corrected chi connectivity index (χ0v) is 13.4. The van der Waals surface area contributed by atoms with Gasteiger partial charge in [0, 0.05) is 26.1 Å². The van der Waals surface area contributed by atoms with Crippen LogP contribution in [0, 0.1) is 5.41 Å². The average Bonchev–Trinajstić information content (AvgIpc) is 2.26. The van der Waals surface area contributed by atoms with Crippen LogP contribution in [0.2, 0.25) is 0 Å². The number of hydrogen-bond acceptors (Lipinski definition) is 3. The Balaban J connectivity index is 2.22. The molecule has 0 spiro atoms. The Morgan fingerprint density at radius 1 is 1.20 bits per heavy atom. The molecule has 0 aromatic heterocycles. The number of rotatable bonds is 3. The standard InChI is InChI=1S/C15H28N2O3/c1-14(2,3)20-13(19)16-9-6-12(18)17-10-7-15(4,5)8-11-17/h6-11H2,1-5H3,(H,16,19). The fourth-order valence-corrected chi connectivity index (χ4v) is 2.11. The smallest absolute Gasteiger partial charge is 0.407 e. The molecule has 1 aliphatic heterocycles. The van der Waals surface area contributed by atoms with E-state index in [0.717, 1.165) is 25.9 Å². The van der Waals surface area contributed by atoms with Crippen LogP contribution in [-0.4, -0.2) is 42.1 Å². The third-order valence-corrected chi connectivity index (χ3v) is 3.48. The maximum atomic E-state index is 12.0. The van der Waals surface area contributed by atoms with Crippen molar-refractivity contribution in [2.24, 2.45) is 5.41 Å². The molecule has 1 saturated heterocycles. The predicted molar refractivity (Wildman–Crippen MR) is 78.4 cm³/mol. The molecule has 1 fully saturated rings. The predicted octanol–water partition coefficient (Wildman–Crippen LogP) is 2.55. The van der Waals surface area contributed by atoms with Gasteiger partial charge in [-0.1, -0.05) is 13.8 Å². The van der Waals surface area contributed by atoms with Gasteiger partial charge >= 0.3 is 6.09 Å². The van der Waals surface area contributed by atoms with Crippen molar-refractivity contribution in [3.63, 3.8) is 0 Å². The maximum absolute atomic E-state index is 12.0. The Kier molecular flexibility index (Phi) is 5.42. The summed E-state index contributed by atoms with van der Waals surface area (Å²) in [7, 11) is 0. The van der Waals surface area contributed by atoms with Crippen LogP contribution in [0.25, 0.3) is 0 Å². The van der Waals surface area contributed by atoms with E-state index in [1.165, 1.54) is 0 Å². The van der Waals surface area contributed by atoms with Gasteiger partial charge in [0.2, 0.25) is 5.91 Å². The van der Waals surface area contributed by atoms with E-state index in [1.54, 1.807) is 0 Å². The molecular weight excluding hydrogens is 256 g/mol. The average molecular weight is 284 g/mol. The van der Waals surface area contributed by atoms with Gasteiger partial charge in [-0.15, -0.1) is 0 Å². The summed E-state index contributed by atoms with van der Waals surface area (Å²) in [6.45, 7) is 11.9. The molecule has 5 heteroatoms. The summed E-state index contributed by atoms with van der Waals surface area (Å²) in [5, 5.41) is 2.62. The molecule has 5 nitrogen and oxygen atoms in total. The van der Waals surface area contributed by atoms with Gasteiger partial charge in [-0.2, -0.15) is 0 Å². The second-order valence-electron chi connectivity index (χ2n) is 7.22. The second-order valence-corrected chi connectivity index (χ2v) is 7.22. The van der Waals surface area contributed by atoms with Crippen molar-refractivity contribution in [3.05, 3.63) is 0 Å². The SMILES string of the molecule is CC1(C)CCN(C(=O)CCNC(=O)OC(C)(C)C)CC1. The van der Waals surface area contributed by atoms with Crippen LogP contribution in [-0.2, 0) is 9.53 Å². The van der Waals surface area contributed by atoms with Gasteiger partial charge in [0.05, 0.1) is 0 Å². The van der Waals surface area contributed by atoms with Crippen molar-refractivity contribution in [1.29, 1.82) is 0 Å². The Labute approximate surface area is 122 Å². The van der Waals surface area contributed by atoms with Crippen molar-refractivity contribution in [2.45, 2.75) is 59.5 Å². The minimum atomic E-state index is -0.507. The zero-order valence-electron chi connectivity index (χ0n) is 13.4. The lowest BCUT2D eigenvalue weighted by Crippen LogP contribution is -2.42. The highest BCUT2D eigenvalue weighted by Crippen LogP contribution is 2.29. The summed E-state index contributed by atoms with van der Waals surface area (Å²) in [5.74, 6) is 0.108. The first-order valence-corrected chi connectivity index (χ1v) is 7.34. The van der Waals surface area contributed by atoms with Gasteiger partial charge in [-0.3, -0.25) is 4.79 Å². The molecule has 1 heterocycles. The number of carbonyl (C=O) groups excluding carboxylic acids is 2. The number of likely N-dealkylation sites (tertiary alicyclic amines) is 1. The minimum Gasteiger partial charge on any atom is -0.444 e. The number of nitrogens with zero attached hydrogens (tertiary/aromatic N) is 1. The summed E-state index contributed by atoms with van der Waals surface area (Å²) in [4.78, 5) is 25.3. The summed E-state index contributed by atoms with van der Waals surface area (Å²) in [6, 6.07) is 0. The molecule has 0 aliphatic carbocycles. The summed E-state index contributed by atoms with van der Waals surface area (Å²) < 4.78 is 5.12. The number of amides is 2. The molecule has 0 atom stereocenters. The number of ether oxygens (including phenoxy) is 1. The highest BCUT2D eigenvalue weighted by atomic mass is 16.6. The van der Waals surface area contributed by atoms with Crippen molar-refractivity contribution in [2.75, 3.05) is 19.6 Å². The monoisotopic (exact) mass is 284 g/mol. The first-order chi connectivity index (χ1) is 9.09. The number of hydrogen-bond donors (Lipinski definition) is 1. The maximum Gasteiger partial charge on any atom is 0.407 e. The molecule has 2 amide bonds. The topological polar surface area (TPSA) is 58.6 Å². The van der Waals surface area contributed by atoms with Crippen LogP contribution in [0.4, 0.5) is 4.79 Å². The summed E-state index contributed by atoms with van der Waals surface area (Å²) >= 11 is 0. The Morgan fingerprint density at radius 2 is 1.75 bits per heavy atom. The van der Waals surface area contributed by atoms with Crippen molar-refractivity contribution in [3.8, 4) is 0 Å². The number of alkyl carbamates (subject to hydrolysis) is 1. The molecule has 1 rings (SSSR count). The van der Waals surface area contributed by atoms with Crippen LogP contribution >= 0.6 is 0 Å².